The van der Waals surface area contributed by atoms with E-state index in [0.29, 0.717) is 31.1 Å². The first-order valence-electron chi connectivity index (χ1n) is 7.41. The van der Waals surface area contributed by atoms with E-state index >= 15 is 0 Å². The molecule has 0 unspecified atom stereocenters. The molecule has 1 aromatic rings. The highest BCUT2D eigenvalue weighted by Gasteiger charge is 2.28. The van der Waals surface area contributed by atoms with Crippen LogP contribution >= 0.6 is 0 Å². The third-order valence-corrected chi connectivity index (χ3v) is 3.74. The molecule has 0 amide bonds. The molecule has 1 aromatic carbocycles. The van der Waals surface area contributed by atoms with Gasteiger partial charge in [-0.15, -0.1) is 0 Å². The lowest BCUT2D eigenvalue weighted by Crippen LogP contribution is -2.54. The van der Waals surface area contributed by atoms with Gasteiger partial charge in [0.1, 0.15) is 17.4 Å². The molecule has 0 bridgehead atoms. The summed E-state index contributed by atoms with van der Waals surface area (Å²) >= 11 is 0. The molecule has 1 saturated heterocycles. The highest BCUT2D eigenvalue weighted by molar-refractivity contribution is 5.62. The lowest BCUT2D eigenvalue weighted by atomic mass is 9.99. The fraction of sp³-hybridized carbons (Fsp3) is 0.562. The molecule has 0 saturated carbocycles. The van der Waals surface area contributed by atoms with Gasteiger partial charge in [-0.05, 0) is 30.0 Å². The number of anilines is 1. The van der Waals surface area contributed by atoms with Crippen LogP contribution in [0.5, 0.6) is 0 Å². The Balaban J connectivity index is 2.35. The predicted octanol–water partition coefficient (Wildman–Crippen LogP) is 2.94. The zero-order valence-electron chi connectivity index (χ0n) is 12.7. The van der Waals surface area contributed by atoms with E-state index in [4.69, 9.17) is 0 Å². The van der Waals surface area contributed by atoms with Crippen molar-refractivity contribution < 1.29 is 13.2 Å². The Kier molecular flexibility index (Phi) is 5.30. The molecule has 22 heavy (non-hydrogen) atoms. The summed E-state index contributed by atoms with van der Waals surface area (Å²) in [5, 5.41) is 11.9. The second-order valence-corrected chi connectivity index (χ2v) is 6.02. The second kappa shape index (κ2) is 7.01. The number of halogens is 3. The molecule has 120 valence electrons. The number of benzene rings is 1. The molecule has 0 aliphatic carbocycles. The summed E-state index contributed by atoms with van der Waals surface area (Å²) < 4.78 is 39.9. The second-order valence-electron chi connectivity index (χ2n) is 6.02. The van der Waals surface area contributed by atoms with Crippen LogP contribution in [0.1, 0.15) is 25.0 Å². The van der Waals surface area contributed by atoms with Gasteiger partial charge in [0.2, 0.25) is 0 Å². The standard InChI is InChI=1S/C16H20F3N3/c1-10(2)5-11-6-13(17)12(8-20)15(7-11)22-4-3-21-14(9-22)16(18)19/h6-7,10,14,16,21H,3-5,9H2,1-2H3/t14-/m1/s1. The number of piperazine rings is 1. The molecule has 2 rings (SSSR count). The Morgan fingerprint density at radius 2 is 2.14 bits per heavy atom. The van der Waals surface area contributed by atoms with Crippen molar-refractivity contribution in [3.8, 4) is 6.07 Å². The van der Waals surface area contributed by atoms with Crippen LogP contribution in [0.4, 0.5) is 18.9 Å². The summed E-state index contributed by atoms with van der Waals surface area (Å²) in [4.78, 5) is 1.68. The first kappa shape index (κ1) is 16.6. The third kappa shape index (κ3) is 3.72. The zero-order valence-corrected chi connectivity index (χ0v) is 12.7. The quantitative estimate of drug-likeness (QED) is 0.929. The molecule has 1 aliphatic heterocycles. The predicted molar refractivity (Wildman–Crippen MR) is 79.7 cm³/mol. The molecule has 0 radical (unpaired) electrons. The van der Waals surface area contributed by atoms with Crippen molar-refractivity contribution in [2.45, 2.75) is 32.7 Å². The fourth-order valence-electron chi connectivity index (χ4n) is 2.76. The highest BCUT2D eigenvalue weighted by atomic mass is 19.3. The van der Waals surface area contributed by atoms with Gasteiger partial charge in [0, 0.05) is 19.6 Å². The number of hydrogen-bond acceptors (Lipinski definition) is 3. The first-order valence-corrected chi connectivity index (χ1v) is 7.41. The normalized spacial score (nSPS) is 18.8. The lowest BCUT2D eigenvalue weighted by Gasteiger charge is -2.35. The highest BCUT2D eigenvalue weighted by Crippen LogP contribution is 2.27. The van der Waals surface area contributed by atoms with E-state index in [1.165, 1.54) is 6.07 Å². The van der Waals surface area contributed by atoms with Gasteiger partial charge in [0.15, 0.2) is 0 Å². The zero-order chi connectivity index (χ0) is 16.3. The molecule has 1 atom stereocenters. The van der Waals surface area contributed by atoms with Crippen LogP contribution in [0.2, 0.25) is 0 Å². The maximum absolute atomic E-state index is 14.2. The summed E-state index contributed by atoms with van der Waals surface area (Å²) in [5.41, 5.74) is 1.14. The van der Waals surface area contributed by atoms with Crippen LogP contribution in [0.25, 0.3) is 0 Å². The number of rotatable bonds is 4. The van der Waals surface area contributed by atoms with Gasteiger partial charge in [-0.3, -0.25) is 0 Å². The van der Waals surface area contributed by atoms with Crippen LogP contribution < -0.4 is 10.2 Å². The van der Waals surface area contributed by atoms with E-state index in [1.807, 2.05) is 19.9 Å². The Hall–Kier alpha value is -1.74. The van der Waals surface area contributed by atoms with Gasteiger partial charge >= 0.3 is 0 Å². The van der Waals surface area contributed by atoms with Crippen LogP contribution in [0.15, 0.2) is 12.1 Å². The van der Waals surface area contributed by atoms with E-state index < -0.39 is 18.3 Å². The van der Waals surface area contributed by atoms with Gasteiger partial charge < -0.3 is 10.2 Å². The number of nitrogens with zero attached hydrogens (tertiary/aromatic N) is 2. The maximum atomic E-state index is 14.2. The molecule has 3 nitrogen and oxygen atoms in total. The minimum Gasteiger partial charge on any atom is -0.367 e. The number of hydrogen-bond donors (Lipinski definition) is 1. The summed E-state index contributed by atoms with van der Waals surface area (Å²) in [7, 11) is 0. The van der Waals surface area contributed by atoms with E-state index in [-0.39, 0.29) is 12.1 Å². The summed E-state index contributed by atoms with van der Waals surface area (Å²) in [6, 6.07) is 4.03. The molecule has 1 N–H and O–H groups in total. The minimum absolute atomic E-state index is 0.0664. The van der Waals surface area contributed by atoms with Crippen molar-refractivity contribution in [2.75, 3.05) is 24.5 Å². The molecular weight excluding hydrogens is 291 g/mol. The van der Waals surface area contributed by atoms with Crippen LogP contribution in [0.3, 0.4) is 0 Å². The van der Waals surface area contributed by atoms with Gasteiger partial charge in [0.05, 0.1) is 11.7 Å². The first-order chi connectivity index (χ1) is 10.4. The fourth-order valence-corrected chi connectivity index (χ4v) is 2.76. The molecule has 0 spiro atoms. The van der Waals surface area contributed by atoms with E-state index in [1.54, 1.807) is 11.0 Å². The van der Waals surface area contributed by atoms with Crippen molar-refractivity contribution >= 4 is 5.69 Å². The molecule has 1 heterocycles. The molecular formula is C16H20F3N3. The Morgan fingerprint density at radius 1 is 1.41 bits per heavy atom. The van der Waals surface area contributed by atoms with Gasteiger partial charge in [0.25, 0.3) is 6.43 Å². The largest absolute Gasteiger partial charge is 0.367 e. The minimum atomic E-state index is -2.49. The molecule has 6 heteroatoms. The average molecular weight is 311 g/mol. The summed E-state index contributed by atoms with van der Waals surface area (Å²) in [6.07, 6.45) is -1.81. The van der Waals surface area contributed by atoms with Crippen LogP contribution in [0, 0.1) is 23.1 Å². The van der Waals surface area contributed by atoms with Crippen molar-refractivity contribution in [3.63, 3.8) is 0 Å². The molecule has 0 aromatic heterocycles. The van der Waals surface area contributed by atoms with Crippen LogP contribution in [-0.2, 0) is 6.42 Å². The molecule has 1 aliphatic rings. The van der Waals surface area contributed by atoms with Crippen molar-refractivity contribution in [2.24, 2.45) is 5.92 Å². The number of nitrogens with one attached hydrogen (secondary N) is 1. The van der Waals surface area contributed by atoms with E-state index in [9.17, 15) is 18.4 Å². The van der Waals surface area contributed by atoms with Gasteiger partial charge in [-0.25, -0.2) is 13.2 Å². The van der Waals surface area contributed by atoms with Crippen molar-refractivity contribution in [1.29, 1.82) is 5.26 Å². The van der Waals surface area contributed by atoms with Crippen LogP contribution in [-0.4, -0.2) is 32.1 Å². The maximum Gasteiger partial charge on any atom is 0.255 e. The summed E-state index contributed by atoms with van der Waals surface area (Å²) in [5.74, 6) is -0.236. The monoisotopic (exact) mass is 311 g/mol. The number of nitriles is 1. The van der Waals surface area contributed by atoms with Gasteiger partial charge in [-0.2, -0.15) is 5.26 Å². The Labute approximate surface area is 128 Å². The van der Waals surface area contributed by atoms with Crippen molar-refractivity contribution in [1.82, 2.24) is 5.32 Å². The molecule has 1 fully saturated rings. The summed E-state index contributed by atoms with van der Waals surface area (Å²) in [6.45, 7) is 4.97. The third-order valence-electron chi connectivity index (χ3n) is 3.74. The van der Waals surface area contributed by atoms with Crippen molar-refractivity contribution in [3.05, 3.63) is 29.1 Å². The smallest absolute Gasteiger partial charge is 0.255 e. The lowest BCUT2D eigenvalue weighted by molar-refractivity contribution is 0.0958. The number of alkyl halides is 2. The van der Waals surface area contributed by atoms with Gasteiger partial charge in [-0.1, -0.05) is 13.8 Å². The SMILES string of the molecule is CC(C)Cc1cc(F)c(C#N)c(N2CCN[C@@H](C(F)F)C2)c1. The van der Waals surface area contributed by atoms with E-state index in [2.05, 4.69) is 5.32 Å². The topological polar surface area (TPSA) is 39.1 Å². The Bertz CT molecular complexity index is 566. The van der Waals surface area contributed by atoms with E-state index in [0.717, 1.165) is 5.56 Å². The Morgan fingerprint density at radius 3 is 2.73 bits per heavy atom. The average Bonchev–Trinajstić information content (AvgIpc) is 2.46.